The molecule has 0 bridgehead atoms. The van der Waals surface area contributed by atoms with Gasteiger partial charge in [-0.15, -0.1) is 5.10 Å². The molecule has 0 N–H and O–H groups in total. The maximum absolute atomic E-state index is 11.2. The van der Waals surface area contributed by atoms with Gasteiger partial charge in [-0.1, -0.05) is 5.21 Å². The Morgan fingerprint density at radius 2 is 2.23 bits per heavy atom. The van der Waals surface area contributed by atoms with Gasteiger partial charge in [0.25, 0.3) is 0 Å². The number of carbonyl (C=O) groups excluding carboxylic acids is 1. The van der Waals surface area contributed by atoms with E-state index in [1.807, 2.05) is 20.8 Å². The fourth-order valence-corrected chi connectivity index (χ4v) is 0.823. The van der Waals surface area contributed by atoms with Crippen molar-refractivity contribution in [2.75, 3.05) is 0 Å². The number of hydrogen-bond acceptors (Lipinski definition) is 4. The Balaban J connectivity index is 2.43. The van der Waals surface area contributed by atoms with E-state index in [1.165, 1.54) is 10.9 Å². The van der Waals surface area contributed by atoms with E-state index in [0.717, 1.165) is 0 Å². The summed E-state index contributed by atoms with van der Waals surface area (Å²) >= 11 is 0. The summed E-state index contributed by atoms with van der Waals surface area (Å²) in [4.78, 5) is 11.2. The molecule has 0 radical (unpaired) electrons. The van der Waals surface area contributed by atoms with Crippen molar-refractivity contribution in [1.29, 1.82) is 0 Å². The third kappa shape index (κ3) is 3.68. The molecule has 0 fully saturated rings. The second kappa shape index (κ2) is 3.55. The molecule has 0 saturated heterocycles. The van der Waals surface area contributed by atoms with Gasteiger partial charge >= 0.3 is 5.97 Å². The zero-order valence-corrected chi connectivity index (χ0v) is 8.02. The molecule has 1 rings (SSSR count). The van der Waals surface area contributed by atoms with E-state index >= 15 is 0 Å². The molecular weight excluding hydrogens is 170 g/mol. The van der Waals surface area contributed by atoms with E-state index in [4.69, 9.17) is 4.74 Å². The maximum Gasteiger partial charge on any atom is 0.328 e. The van der Waals surface area contributed by atoms with Crippen LogP contribution >= 0.6 is 0 Å². The lowest BCUT2D eigenvalue weighted by atomic mass is 10.2. The van der Waals surface area contributed by atoms with Crippen LogP contribution in [0.3, 0.4) is 0 Å². The molecule has 0 aliphatic heterocycles. The van der Waals surface area contributed by atoms with Crippen LogP contribution < -0.4 is 0 Å². The van der Waals surface area contributed by atoms with Crippen LogP contribution in [-0.4, -0.2) is 26.6 Å². The summed E-state index contributed by atoms with van der Waals surface area (Å²) in [5.74, 6) is -0.307. The van der Waals surface area contributed by atoms with Gasteiger partial charge in [0.2, 0.25) is 0 Å². The average molecular weight is 183 g/mol. The number of carbonyl (C=O) groups is 1. The third-order valence-electron chi connectivity index (χ3n) is 1.18. The Morgan fingerprint density at radius 1 is 1.54 bits per heavy atom. The van der Waals surface area contributed by atoms with Crippen molar-refractivity contribution in [2.24, 2.45) is 0 Å². The Kier molecular flexibility index (Phi) is 2.65. The Hall–Kier alpha value is -1.39. The van der Waals surface area contributed by atoms with Crippen molar-refractivity contribution in [1.82, 2.24) is 15.0 Å². The van der Waals surface area contributed by atoms with Gasteiger partial charge in [0.05, 0.1) is 6.20 Å². The van der Waals surface area contributed by atoms with E-state index in [2.05, 4.69) is 10.3 Å². The summed E-state index contributed by atoms with van der Waals surface area (Å²) in [7, 11) is 0. The highest BCUT2D eigenvalue weighted by atomic mass is 16.6. The summed E-state index contributed by atoms with van der Waals surface area (Å²) < 4.78 is 6.51. The van der Waals surface area contributed by atoms with E-state index < -0.39 is 5.60 Å². The second-order valence-corrected chi connectivity index (χ2v) is 3.69. The van der Waals surface area contributed by atoms with Crippen LogP contribution in [0.15, 0.2) is 12.4 Å². The Morgan fingerprint density at radius 3 is 2.69 bits per heavy atom. The van der Waals surface area contributed by atoms with Gasteiger partial charge in [0.15, 0.2) is 0 Å². The highest BCUT2D eigenvalue weighted by Gasteiger charge is 2.16. The summed E-state index contributed by atoms with van der Waals surface area (Å²) in [6, 6.07) is 0. The first-order valence-electron chi connectivity index (χ1n) is 4.03. The standard InChI is InChI=1S/C8H13N3O2/c1-8(2,3)13-7(12)6-11-5-4-9-10-11/h4-5H,6H2,1-3H3. The predicted molar refractivity (Wildman–Crippen MR) is 45.9 cm³/mol. The minimum Gasteiger partial charge on any atom is -0.459 e. The zero-order valence-electron chi connectivity index (χ0n) is 8.02. The fourth-order valence-electron chi connectivity index (χ4n) is 0.823. The van der Waals surface area contributed by atoms with Gasteiger partial charge in [0, 0.05) is 6.20 Å². The first kappa shape index (κ1) is 9.70. The number of rotatable bonds is 2. The molecule has 0 aromatic carbocycles. The van der Waals surface area contributed by atoms with Gasteiger partial charge in [-0.3, -0.25) is 4.79 Å². The van der Waals surface area contributed by atoms with Crippen LogP contribution in [0.1, 0.15) is 20.8 Å². The third-order valence-corrected chi connectivity index (χ3v) is 1.18. The van der Waals surface area contributed by atoms with Crippen molar-refractivity contribution in [2.45, 2.75) is 32.9 Å². The molecule has 5 nitrogen and oxygen atoms in total. The molecule has 0 atom stereocenters. The molecule has 0 spiro atoms. The first-order valence-corrected chi connectivity index (χ1v) is 4.03. The van der Waals surface area contributed by atoms with Crippen LogP contribution in [0.25, 0.3) is 0 Å². The zero-order chi connectivity index (χ0) is 9.90. The summed E-state index contributed by atoms with van der Waals surface area (Å²) in [5.41, 5.74) is -0.447. The molecule has 72 valence electrons. The van der Waals surface area contributed by atoms with Crippen LogP contribution in [0, 0.1) is 0 Å². The number of esters is 1. The smallest absolute Gasteiger partial charge is 0.328 e. The maximum atomic E-state index is 11.2. The summed E-state index contributed by atoms with van der Waals surface area (Å²) in [6.07, 6.45) is 3.13. The molecule has 0 saturated carbocycles. The number of nitrogens with zero attached hydrogens (tertiary/aromatic N) is 3. The normalized spacial score (nSPS) is 11.3. The Bertz CT molecular complexity index is 274. The van der Waals surface area contributed by atoms with E-state index in [1.54, 1.807) is 6.20 Å². The molecule has 1 aromatic rings. The second-order valence-electron chi connectivity index (χ2n) is 3.69. The lowest BCUT2D eigenvalue weighted by molar-refractivity contribution is -0.155. The van der Waals surface area contributed by atoms with Crippen LogP contribution in [0.2, 0.25) is 0 Å². The Labute approximate surface area is 76.7 Å². The van der Waals surface area contributed by atoms with Gasteiger partial charge < -0.3 is 4.74 Å². The van der Waals surface area contributed by atoms with Gasteiger partial charge in [-0.2, -0.15) is 0 Å². The highest BCUT2D eigenvalue weighted by molar-refractivity contribution is 5.69. The van der Waals surface area contributed by atoms with Crippen molar-refractivity contribution in [3.63, 3.8) is 0 Å². The topological polar surface area (TPSA) is 57.0 Å². The number of aromatic nitrogens is 3. The molecule has 0 unspecified atom stereocenters. The highest BCUT2D eigenvalue weighted by Crippen LogP contribution is 2.07. The van der Waals surface area contributed by atoms with E-state index in [9.17, 15) is 4.79 Å². The van der Waals surface area contributed by atoms with Crippen molar-refractivity contribution >= 4 is 5.97 Å². The van der Waals surface area contributed by atoms with Gasteiger partial charge in [-0.05, 0) is 20.8 Å². The van der Waals surface area contributed by atoms with Gasteiger partial charge in [-0.25, -0.2) is 4.68 Å². The van der Waals surface area contributed by atoms with Gasteiger partial charge in [0.1, 0.15) is 12.1 Å². The quantitative estimate of drug-likeness (QED) is 0.631. The molecular formula is C8H13N3O2. The fraction of sp³-hybridized carbons (Fsp3) is 0.625. The summed E-state index contributed by atoms with van der Waals surface area (Å²) in [6.45, 7) is 5.59. The average Bonchev–Trinajstić information content (AvgIpc) is 2.34. The molecule has 0 aliphatic carbocycles. The lowest BCUT2D eigenvalue weighted by Gasteiger charge is -2.19. The minimum absolute atomic E-state index is 0.108. The van der Waals surface area contributed by atoms with E-state index in [-0.39, 0.29) is 12.5 Å². The first-order chi connectivity index (χ1) is 5.97. The van der Waals surface area contributed by atoms with Crippen molar-refractivity contribution < 1.29 is 9.53 Å². The summed E-state index contributed by atoms with van der Waals surface area (Å²) in [5, 5.41) is 7.23. The van der Waals surface area contributed by atoms with Crippen molar-refractivity contribution in [3.8, 4) is 0 Å². The molecule has 5 heteroatoms. The molecule has 1 heterocycles. The minimum atomic E-state index is -0.447. The lowest BCUT2D eigenvalue weighted by Crippen LogP contribution is -2.26. The van der Waals surface area contributed by atoms with Crippen LogP contribution in [0.4, 0.5) is 0 Å². The molecule has 0 aliphatic rings. The van der Waals surface area contributed by atoms with E-state index in [0.29, 0.717) is 0 Å². The SMILES string of the molecule is CC(C)(C)OC(=O)Cn1ccnn1. The molecule has 1 aromatic heterocycles. The number of ether oxygens (including phenoxy) is 1. The monoisotopic (exact) mass is 183 g/mol. The van der Waals surface area contributed by atoms with Crippen LogP contribution in [-0.2, 0) is 16.1 Å². The van der Waals surface area contributed by atoms with Crippen molar-refractivity contribution in [3.05, 3.63) is 12.4 Å². The predicted octanol–water partition coefficient (Wildman–Crippen LogP) is 0.620. The molecule has 13 heavy (non-hydrogen) atoms. The number of hydrogen-bond donors (Lipinski definition) is 0. The van der Waals surface area contributed by atoms with Crippen LogP contribution in [0.5, 0.6) is 0 Å². The molecule has 0 amide bonds. The largest absolute Gasteiger partial charge is 0.459 e.